The fourth-order valence-electron chi connectivity index (χ4n) is 1.86. The molecule has 1 aromatic carbocycles. The maximum absolute atomic E-state index is 11.9. The number of likely N-dealkylation sites (N-methyl/N-ethyl adjacent to an activating group) is 1. The molecule has 0 aliphatic carbocycles. The maximum Gasteiger partial charge on any atom is 0.262 e. The van der Waals surface area contributed by atoms with Gasteiger partial charge in [0.2, 0.25) is 0 Å². The van der Waals surface area contributed by atoms with Crippen molar-refractivity contribution in [2.24, 2.45) is 5.73 Å². The SMILES string of the molecule is CCC(N)Cc1cccc(Br)c1OC(C)C(=O)N(C)C. The molecule has 0 aliphatic heterocycles. The lowest BCUT2D eigenvalue weighted by atomic mass is 10.0. The molecule has 1 aromatic rings. The molecule has 1 amide bonds. The summed E-state index contributed by atoms with van der Waals surface area (Å²) in [4.78, 5) is 13.4. The number of para-hydroxylation sites is 1. The van der Waals surface area contributed by atoms with E-state index in [0.29, 0.717) is 5.75 Å². The summed E-state index contributed by atoms with van der Waals surface area (Å²) in [5, 5.41) is 0. The van der Waals surface area contributed by atoms with Gasteiger partial charge < -0.3 is 15.4 Å². The summed E-state index contributed by atoms with van der Waals surface area (Å²) in [6.07, 6.45) is 1.10. The fraction of sp³-hybridized carbons (Fsp3) is 0.533. The van der Waals surface area contributed by atoms with E-state index in [4.69, 9.17) is 10.5 Å². The third-order valence-electron chi connectivity index (χ3n) is 3.14. The van der Waals surface area contributed by atoms with Crippen LogP contribution in [0.15, 0.2) is 22.7 Å². The highest BCUT2D eigenvalue weighted by Crippen LogP contribution is 2.31. The van der Waals surface area contributed by atoms with Gasteiger partial charge in [0.25, 0.3) is 5.91 Å². The van der Waals surface area contributed by atoms with E-state index in [0.717, 1.165) is 22.9 Å². The minimum Gasteiger partial charge on any atom is -0.479 e. The van der Waals surface area contributed by atoms with Gasteiger partial charge in [-0.05, 0) is 47.3 Å². The molecule has 0 spiro atoms. The highest BCUT2D eigenvalue weighted by Gasteiger charge is 2.20. The molecule has 2 unspecified atom stereocenters. The normalized spacial score (nSPS) is 13.7. The zero-order valence-electron chi connectivity index (χ0n) is 12.5. The highest BCUT2D eigenvalue weighted by atomic mass is 79.9. The summed E-state index contributed by atoms with van der Waals surface area (Å²) in [7, 11) is 3.44. The molecule has 1 rings (SSSR count). The molecule has 0 fully saturated rings. The van der Waals surface area contributed by atoms with Crippen LogP contribution in [0.25, 0.3) is 0 Å². The molecule has 0 aliphatic rings. The van der Waals surface area contributed by atoms with Crippen molar-refractivity contribution in [1.82, 2.24) is 4.90 Å². The Labute approximate surface area is 129 Å². The average molecular weight is 343 g/mol. The molecule has 2 atom stereocenters. The molecule has 20 heavy (non-hydrogen) atoms. The van der Waals surface area contributed by atoms with Crippen LogP contribution in [-0.4, -0.2) is 37.0 Å². The smallest absolute Gasteiger partial charge is 0.262 e. The molecule has 0 radical (unpaired) electrons. The second-order valence-corrected chi connectivity index (χ2v) is 5.95. The monoisotopic (exact) mass is 342 g/mol. The van der Waals surface area contributed by atoms with Crippen LogP contribution in [0.1, 0.15) is 25.8 Å². The first-order valence-electron chi connectivity index (χ1n) is 6.77. The van der Waals surface area contributed by atoms with E-state index < -0.39 is 6.10 Å². The van der Waals surface area contributed by atoms with E-state index in [2.05, 4.69) is 22.9 Å². The van der Waals surface area contributed by atoms with Crippen LogP contribution >= 0.6 is 15.9 Å². The van der Waals surface area contributed by atoms with Gasteiger partial charge in [-0.2, -0.15) is 0 Å². The number of amides is 1. The summed E-state index contributed by atoms with van der Waals surface area (Å²) in [6, 6.07) is 5.94. The second-order valence-electron chi connectivity index (χ2n) is 5.09. The van der Waals surface area contributed by atoms with E-state index in [9.17, 15) is 4.79 Å². The fourth-order valence-corrected chi connectivity index (χ4v) is 2.36. The van der Waals surface area contributed by atoms with Crippen LogP contribution in [0.5, 0.6) is 5.75 Å². The Bertz CT molecular complexity index is 463. The number of nitrogens with two attached hydrogens (primary N) is 1. The Balaban J connectivity index is 2.95. The molecule has 0 saturated heterocycles. The van der Waals surface area contributed by atoms with Crippen LogP contribution in [-0.2, 0) is 11.2 Å². The quantitative estimate of drug-likeness (QED) is 0.864. The Hall–Kier alpha value is -1.07. The van der Waals surface area contributed by atoms with Gasteiger partial charge in [-0.1, -0.05) is 19.1 Å². The Morgan fingerprint density at radius 3 is 2.65 bits per heavy atom. The zero-order chi connectivity index (χ0) is 15.3. The number of nitrogens with zero attached hydrogens (tertiary/aromatic N) is 1. The minimum absolute atomic E-state index is 0.0634. The van der Waals surface area contributed by atoms with Crippen molar-refractivity contribution in [2.45, 2.75) is 38.8 Å². The first-order chi connectivity index (χ1) is 9.36. The Morgan fingerprint density at radius 2 is 2.10 bits per heavy atom. The molecular formula is C15H23BrN2O2. The van der Waals surface area contributed by atoms with Gasteiger partial charge in [-0.3, -0.25) is 4.79 Å². The van der Waals surface area contributed by atoms with Crippen molar-refractivity contribution in [2.75, 3.05) is 14.1 Å². The van der Waals surface area contributed by atoms with Gasteiger partial charge in [-0.15, -0.1) is 0 Å². The second kappa shape index (κ2) is 7.64. The topological polar surface area (TPSA) is 55.6 Å². The van der Waals surface area contributed by atoms with E-state index in [1.807, 2.05) is 18.2 Å². The Kier molecular flexibility index (Phi) is 6.49. The van der Waals surface area contributed by atoms with Crippen molar-refractivity contribution >= 4 is 21.8 Å². The third kappa shape index (κ3) is 4.49. The van der Waals surface area contributed by atoms with Crippen LogP contribution in [0, 0.1) is 0 Å². The van der Waals surface area contributed by atoms with E-state index >= 15 is 0 Å². The minimum atomic E-state index is -0.527. The lowest BCUT2D eigenvalue weighted by Crippen LogP contribution is -2.35. The first kappa shape index (κ1) is 17.0. The van der Waals surface area contributed by atoms with Crippen molar-refractivity contribution in [1.29, 1.82) is 0 Å². The molecule has 0 aromatic heterocycles. The molecule has 112 valence electrons. The molecular weight excluding hydrogens is 320 g/mol. The largest absolute Gasteiger partial charge is 0.479 e. The van der Waals surface area contributed by atoms with Crippen molar-refractivity contribution in [3.05, 3.63) is 28.2 Å². The van der Waals surface area contributed by atoms with E-state index in [1.165, 1.54) is 4.90 Å². The van der Waals surface area contributed by atoms with Gasteiger partial charge in [0.05, 0.1) is 4.47 Å². The zero-order valence-corrected chi connectivity index (χ0v) is 14.1. The average Bonchev–Trinajstić information content (AvgIpc) is 2.41. The maximum atomic E-state index is 11.9. The van der Waals surface area contributed by atoms with Gasteiger partial charge in [-0.25, -0.2) is 0 Å². The molecule has 2 N–H and O–H groups in total. The number of halogens is 1. The molecule has 0 bridgehead atoms. The van der Waals surface area contributed by atoms with Gasteiger partial charge in [0.1, 0.15) is 5.75 Å². The summed E-state index contributed by atoms with van der Waals surface area (Å²) in [5.74, 6) is 0.644. The predicted octanol–water partition coefficient (Wildman–Crippen LogP) is 2.58. The van der Waals surface area contributed by atoms with Crippen LogP contribution < -0.4 is 10.5 Å². The predicted molar refractivity (Wildman–Crippen MR) is 84.9 cm³/mol. The number of carbonyl (C=O) groups excluding carboxylic acids is 1. The molecule has 0 saturated carbocycles. The number of benzene rings is 1. The number of carbonyl (C=O) groups is 1. The van der Waals surface area contributed by atoms with Crippen molar-refractivity contribution in [3.8, 4) is 5.75 Å². The summed E-state index contributed by atoms with van der Waals surface area (Å²) < 4.78 is 6.70. The number of hydrogen-bond acceptors (Lipinski definition) is 3. The summed E-state index contributed by atoms with van der Waals surface area (Å²) in [5.41, 5.74) is 7.04. The molecule has 5 heteroatoms. The van der Waals surface area contributed by atoms with E-state index in [-0.39, 0.29) is 11.9 Å². The van der Waals surface area contributed by atoms with Crippen LogP contribution in [0.3, 0.4) is 0 Å². The number of ether oxygens (including phenoxy) is 1. The van der Waals surface area contributed by atoms with Crippen LogP contribution in [0.4, 0.5) is 0 Å². The lowest BCUT2D eigenvalue weighted by Gasteiger charge is -2.21. The van der Waals surface area contributed by atoms with Gasteiger partial charge in [0, 0.05) is 20.1 Å². The molecule has 0 heterocycles. The van der Waals surface area contributed by atoms with Crippen molar-refractivity contribution < 1.29 is 9.53 Å². The molecule has 4 nitrogen and oxygen atoms in total. The standard InChI is InChI=1S/C15H23BrN2O2/c1-5-12(17)9-11-7-6-8-13(16)14(11)20-10(2)15(19)18(3)4/h6-8,10,12H,5,9,17H2,1-4H3. The third-order valence-corrected chi connectivity index (χ3v) is 3.76. The van der Waals surface area contributed by atoms with Gasteiger partial charge in [0.15, 0.2) is 6.10 Å². The first-order valence-corrected chi connectivity index (χ1v) is 7.56. The number of hydrogen-bond donors (Lipinski definition) is 1. The van der Waals surface area contributed by atoms with Crippen molar-refractivity contribution in [3.63, 3.8) is 0 Å². The van der Waals surface area contributed by atoms with Crippen LogP contribution in [0.2, 0.25) is 0 Å². The number of rotatable bonds is 6. The van der Waals surface area contributed by atoms with Gasteiger partial charge >= 0.3 is 0 Å². The summed E-state index contributed by atoms with van der Waals surface area (Å²) in [6.45, 7) is 3.81. The Morgan fingerprint density at radius 1 is 1.45 bits per heavy atom. The highest BCUT2D eigenvalue weighted by molar-refractivity contribution is 9.10. The summed E-state index contributed by atoms with van der Waals surface area (Å²) >= 11 is 3.48. The lowest BCUT2D eigenvalue weighted by molar-refractivity contribution is -0.135. The van der Waals surface area contributed by atoms with E-state index in [1.54, 1.807) is 21.0 Å².